The molecule has 0 saturated carbocycles. The van der Waals surface area contributed by atoms with Gasteiger partial charge in [-0.05, 0) is 23.6 Å². The third kappa shape index (κ3) is 2.47. The molecule has 17 heavy (non-hydrogen) atoms. The molecule has 2 rings (SSSR count). The van der Waals surface area contributed by atoms with E-state index in [9.17, 15) is 4.79 Å². The van der Waals surface area contributed by atoms with Gasteiger partial charge in [0.1, 0.15) is 0 Å². The van der Waals surface area contributed by atoms with Crippen LogP contribution in [0.4, 0.5) is 0 Å². The largest absolute Gasteiger partial charge is 0.334 e. The minimum absolute atomic E-state index is 0.116. The second kappa shape index (κ2) is 5.00. The maximum absolute atomic E-state index is 12.2. The Balaban J connectivity index is 2.14. The Hall–Kier alpha value is -1.83. The van der Waals surface area contributed by atoms with Gasteiger partial charge in [0.05, 0.1) is 0 Å². The molecule has 1 aromatic carbocycles. The molecular formula is C15H17NO. The van der Waals surface area contributed by atoms with E-state index in [1.165, 1.54) is 5.57 Å². The van der Waals surface area contributed by atoms with E-state index in [1.807, 2.05) is 41.3 Å². The van der Waals surface area contributed by atoms with Crippen molar-refractivity contribution in [2.75, 3.05) is 13.1 Å². The lowest BCUT2D eigenvalue weighted by Gasteiger charge is -2.15. The summed E-state index contributed by atoms with van der Waals surface area (Å²) in [6.07, 6.45) is 3.81. The van der Waals surface area contributed by atoms with Crippen molar-refractivity contribution in [1.29, 1.82) is 0 Å². The Morgan fingerprint density at radius 2 is 2.12 bits per heavy atom. The number of likely N-dealkylation sites (tertiary alicyclic amines) is 1. The van der Waals surface area contributed by atoms with E-state index >= 15 is 0 Å². The summed E-state index contributed by atoms with van der Waals surface area (Å²) in [4.78, 5) is 14.1. The minimum Gasteiger partial charge on any atom is -0.334 e. The van der Waals surface area contributed by atoms with E-state index in [-0.39, 0.29) is 5.91 Å². The van der Waals surface area contributed by atoms with Crippen LogP contribution in [0.25, 0.3) is 0 Å². The fourth-order valence-electron chi connectivity index (χ4n) is 2.17. The lowest BCUT2D eigenvalue weighted by molar-refractivity contribution is 0.0790. The average Bonchev–Trinajstić information content (AvgIpc) is 2.72. The van der Waals surface area contributed by atoms with Crippen LogP contribution in [-0.4, -0.2) is 23.9 Å². The van der Waals surface area contributed by atoms with Crippen LogP contribution in [0.2, 0.25) is 0 Å². The molecule has 2 nitrogen and oxygen atoms in total. The van der Waals surface area contributed by atoms with Crippen molar-refractivity contribution in [3.05, 3.63) is 60.2 Å². The molecule has 1 aromatic rings. The summed E-state index contributed by atoms with van der Waals surface area (Å²) in [6, 6.07) is 9.44. The highest BCUT2D eigenvalue weighted by molar-refractivity contribution is 5.94. The molecule has 88 valence electrons. The summed E-state index contributed by atoms with van der Waals surface area (Å²) in [5.74, 6) is 0.547. The molecule has 1 saturated heterocycles. The van der Waals surface area contributed by atoms with Gasteiger partial charge in [-0.15, -0.1) is 0 Å². The normalized spacial score (nSPS) is 21.8. The van der Waals surface area contributed by atoms with Crippen molar-refractivity contribution in [2.45, 2.75) is 6.92 Å². The fourth-order valence-corrected chi connectivity index (χ4v) is 2.17. The highest BCUT2D eigenvalue weighted by Crippen LogP contribution is 2.23. The quantitative estimate of drug-likeness (QED) is 0.760. The third-order valence-corrected chi connectivity index (χ3v) is 3.14. The van der Waals surface area contributed by atoms with E-state index in [1.54, 1.807) is 6.08 Å². The van der Waals surface area contributed by atoms with Crippen LogP contribution in [0.3, 0.4) is 0 Å². The first-order valence-corrected chi connectivity index (χ1v) is 5.88. The fraction of sp³-hybridized carbons (Fsp3) is 0.267. The van der Waals surface area contributed by atoms with Gasteiger partial charge in [0.25, 0.3) is 5.91 Å². The van der Waals surface area contributed by atoms with Crippen molar-refractivity contribution < 1.29 is 4.79 Å². The maximum Gasteiger partial charge on any atom is 0.254 e. The van der Waals surface area contributed by atoms with Crippen LogP contribution >= 0.6 is 0 Å². The highest BCUT2D eigenvalue weighted by Gasteiger charge is 2.27. The molecule has 1 heterocycles. The van der Waals surface area contributed by atoms with Crippen LogP contribution < -0.4 is 0 Å². The number of benzene rings is 1. The van der Waals surface area contributed by atoms with Crippen molar-refractivity contribution >= 4 is 5.91 Å². The number of allylic oxidation sites excluding steroid dienone is 2. The number of amides is 1. The van der Waals surface area contributed by atoms with E-state index in [4.69, 9.17) is 0 Å². The number of nitrogens with zero attached hydrogens (tertiary/aromatic N) is 1. The molecule has 1 aliphatic heterocycles. The molecule has 0 bridgehead atoms. The molecule has 0 spiro atoms. The van der Waals surface area contributed by atoms with Gasteiger partial charge < -0.3 is 4.90 Å². The zero-order valence-electron chi connectivity index (χ0n) is 10.1. The number of carbonyl (C=O) groups is 1. The standard InChI is InChI=1S/C15H17NO/c1-3-7-14-11-16(10-12(14)2)15(17)13-8-5-4-6-9-13/h3-9,12H,1,10-11H2,2H3/b14-7-. The lowest BCUT2D eigenvalue weighted by Crippen LogP contribution is -2.28. The SMILES string of the molecule is C=C/C=C1/CN(C(=O)c2ccccc2)CC1C. The predicted octanol–water partition coefficient (Wildman–Crippen LogP) is 2.89. The molecular weight excluding hydrogens is 210 g/mol. The Bertz CT molecular complexity index is 447. The third-order valence-electron chi connectivity index (χ3n) is 3.14. The molecule has 1 amide bonds. The number of rotatable bonds is 2. The van der Waals surface area contributed by atoms with E-state index < -0.39 is 0 Å². The van der Waals surface area contributed by atoms with Crippen molar-refractivity contribution in [3.8, 4) is 0 Å². The second-order valence-corrected chi connectivity index (χ2v) is 4.43. The summed E-state index contributed by atoms with van der Waals surface area (Å²) >= 11 is 0. The minimum atomic E-state index is 0.116. The van der Waals surface area contributed by atoms with Gasteiger partial charge in [-0.1, -0.05) is 43.9 Å². The van der Waals surface area contributed by atoms with Crippen molar-refractivity contribution in [3.63, 3.8) is 0 Å². The second-order valence-electron chi connectivity index (χ2n) is 4.43. The van der Waals surface area contributed by atoms with Crippen LogP contribution in [-0.2, 0) is 0 Å². The average molecular weight is 227 g/mol. The summed E-state index contributed by atoms with van der Waals surface area (Å²) in [7, 11) is 0. The number of hydrogen-bond acceptors (Lipinski definition) is 1. The lowest BCUT2D eigenvalue weighted by atomic mass is 10.1. The van der Waals surface area contributed by atoms with Crippen molar-refractivity contribution in [1.82, 2.24) is 4.90 Å². The Morgan fingerprint density at radius 1 is 1.41 bits per heavy atom. The smallest absolute Gasteiger partial charge is 0.254 e. The van der Waals surface area contributed by atoms with Crippen molar-refractivity contribution in [2.24, 2.45) is 5.92 Å². The van der Waals surface area contributed by atoms with Gasteiger partial charge in [0.15, 0.2) is 0 Å². The molecule has 1 atom stereocenters. The molecule has 2 heteroatoms. The zero-order valence-corrected chi connectivity index (χ0v) is 10.1. The predicted molar refractivity (Wildman–Crippen MR) is 69.8 cm³/mol. The molecule has 0 aromatic heterocycles. The monoisotopic (exact) mass is 227 g/mol. The van der Waals surface area contributed by atoms with Gasteiger partial charge in [-0.3, -0.25) is 4.79 Å². The molecule has 0 aliphatic carbocycles. The van der Waals surface area contributed by atoms with Gasteiger partial charge >= 0.3 is 0 Å². The first-order valence-electron chi connectivity index (χ1n) is 5.88. The number of carbonyl (C=O) groups excluding carboxylic acids is 1. The van der Waals surface area contributed by atoms with E-state index in [0.717, 1.165) is 18.7 Å². The molecule has 1 unspecified atom stereocenters. The first kappa shape index (κ1) is 11.6. The Labute approximate surface area is 102 Å². The number of hydrogen-bond donors (Lipinski definition) is 0. The maximum atomic E-state index is 12.2. The van der Waals surface area contributed by atoms with Crippen LogP contribution in [0.15, 0.2) is 54.6 Å². The Kier molecular flexibility index (Phi) is 3.43. The van der Waals surface area contributed by atoms with E-state index in [2.05, 4.69) is 13.5 Å². The molecule has 1 aliphatic rings. The summed E-state index contributed by atoms with van der Waals surface area (Å²) in [5, 5.41) is 0. The van der Waals surface area contributed by atoms with Gasteiger partial charge in [-0.2, -0.15) is 0 Å². The molecule has 1 fully saturated rings. The van der Waals surface area contributed by atoms with Gasteiger partial charge in [0.2, 0.25) is 0 Å². The summed E-state index contributed by atoms with van der Waals surface area (Å²) < 4.78 is 0. The van der Waals surface area contributed by atoms with Crippen LogP contribution in [0.5, 0.6) is 0 Å². The van der Waals surface area contributed by atoms with Gasteiger partial charge in [0, 0.05) is 18.7 Å². The Morgan fingerprint density at radius 3 is 2.76 bits per heavy atom. The summed E-state index contributed by atoms with van der Waals surface area (Å²) in [5.41, 5.74) is 2.05. The topological polar surface area (TPSA) is 20.3 Å². The van der Waals surface area contributed by atoms with Crippen LogP contribution in [0.1, 0.15) is 17.3 Å². The van der Waals surface area contributed by atoms with Gasteiger partial charge in [-0.25, -0.2) is 0 Å². The zero-order chi connectivity index (χ0) is 12.3. The van der Waals surface area contributed by atoms with Crippen LogP contribution in [0, 0.1) is 5.92 Å². The van der Waals surface area contributed by atoms with E-state index in [0.29, 0.717) is 5.92 Å². The summed E-state index contributed by atoms with van der Waals surface area (Å²) in [6.45, 7) is 7.38. The molecule has 0 radical (unpaired) electrons. The first-order chi connectivity index (χ1) is 8.22. The highest BCUT2D eigenvalue weighted by atomic mass is 16.2. The molecule has 0 N–H and O–H groups in total.